The number of thiophene rings is 1. The minimum Gasteiger partial charge on any atom is -0.545 e. The molecule has 2 heterocycles. The van der Waals surface area contributed by atoms with Gasteiger partial charge in [0, 0.05) is 30.1 Å². The van der Waals surface area contributed by atoms with E-state index in [-0.39, 0.29) is 35.1 Å². The van der Waals surface area contributed by atoms with Gasteiger partial charge in [-0.1, -0.05) is 30.3 Å². The molecule has 0 atom stereocenters. The summed E-state index contributed by atoms with van der Waals surface area (Å²) in [6.07, 6.45) is 0.721. The summed E-state index contributed by atoms with van der Waals surface area (Å²) in [5.74, 6) is -1.16. The van der Waals surface area contributed by atoms with Crippen LogP contribution in [0, 0.1) is 0 Å². The number of anilines is 1. The van der Waals surface area contributed by atoms with Gasteiger partial charge < -0.3 is 15.6 Å². The number of carboxylic acids is 1. The molecule has 21 heavy (non-hydrogen) atoms. The van der Waals surface area contributed by atoms with Crippen molar-refractivity contribution in [3.63, 3.8) is 0 Å². The quantitative estimate of drug-likeness (QED) is 0.683. The predicted molar refractivity (Wildman–Crippen MR) is 77.3 cm³/mol. The normalized spacial score (nSPS) is 14.3. The van der Waals surface area contributed by atoms with Crippen LogP contribution in [0.5, 0.6) is 0 Å². The first kappa shape index (κ1) is 16.5. The molecule has 1 aliphatic rings. The van der Waals surface area contributed by atoms with Gasteiger partial charge in [0.25, 0.3) is 0 Å². The molecule has 0 bridgehead atoms. The van der Waals surface area contributed by atoms with Gasteiger partial charge >= 0.3 is 29.6 Å². The van der Waals surface area contributed by atoms with Gasteiger partial charge in [0.15, 0.2) is 0 Å². The van der Waals surface area contributed by atoms with Crippen LogP contribution < -0.4 is 40.4 Å². The van der Waals surface area contributed by atoms with Crippen molar-refractivity contribution in [2.45, 2.75) is 19.5 Å². The summed E-state index contributed by atoms with van der Waals surface area (Å²) in [6.45, 7) is 2.48. The number of aromatic carboxylic acids is 1. The van der Waals surface area contributed by atoms with Crippen LogP contribution in [0.4, 0.5) is 5.00 Å². The van der Waals surface area contributed by atoms with Crippen LogP contribution in [0.3, 0.4) is 0 Å². The summed E-state index contributed by atoms with van der Waals surface area (Å²) in [6, 6.07) is 10.3. The van der Waals surface area contributed by atoms with Crippen LogP contribution in [-0.4, -0.2) is 17.4 Å². The summed E-state index contributed by atoms with van der Waals surface area (Å²) < 4.78 is 0. The van der Waals surface area contributed by atoms with Crippen molar-refractivity contribution >= 4 is 22.3 Å². The first-order valence-electron chi connectivity index (χ1n) is 6.53. The molecule has 6 heteroatoms. The third-order valence-corrected chi connectivity index (χ3v) is 4.66. The zero-order valence-electron chi connectivity index (χ0n) is 12.0. The van der Waals surface area contributed by atoms with E-state index in [4.69, 9.17) is 5.73 Å². The van der Waals surface area contributed by atoms with Crippen molar-refractivity contribution in [2.75, 3.05) is 12.3 Å². The van der Waals surface area contributed by atoms with Crippen molar-refractivity contribution in [3.8, 4) is 0 Å². The van der Waals surface area contributed by atoms with E-state index in [0.717, 1.165) is 36.5 Å². The topological polar surface area (TPSA) is 69.4 Å². The average molecular weight is 310 g/mol. The van der Waals surface area contributed by atoms with Crippen LogP contribution in [0.2, 0.25) is 0 Å². The molecular formula is C15H15N2NaO2S. The van der Waals surface area contributed by atoms with E-state index in [9.17, 15) is 9.90 Å². The van der Waals surface area contributed by atoms with Gasteiger partial charge in [-0.2, -0.15) is 0 Å². The van der Waals surface area contributed by atoms with Crippen molar-refractivity contribution in [2.24, 2.45) is 0 Å². The molecule has 0 fully saturated rings. The molecule has 2 N–H and O–H groups in total. The third kappa shape index (κ3) is 3.49. The van der Waals surface area contributed by atoms with Crippen LogP contribution in [0.25, 0.3) is 0 Å². The molecule has 104 valence electrons. The van der Waals surface area contributed by atoms with E-state index < -0.39 is 5.97 Å². The Morgan fingerprint density at radius 2 is 2.05 bits per heavy atom. The molecule has 0 spiro atoms. The fourth-order valence-corrected chi connectivity index (χ4v) is 3.83. The van der Waals surface area contributed by atoms with Crippen LogP contribution in [0.15, 0.2) is 30.3 Å². The fraction of sp³-hybridized carbons (Fsp3) is 0.267. The number of nitrogen functional groups attached to an aromatic ring is 1. The zero-order chi connectivity index (χ0) is 14.1. The van der Waals surface area contributed by atoms with E-state index in [0.29, 0.717) is 5.00 Å². The smallest absolute Gasteiger partial charge is 0.545 e. The number of hydrogen-bond donors (Lipinski definition) is 1. The maximum atomic E-state index is 11.1. The monoisotopic (exact) mass is 310 g/mol. The Hall–Kier alpha value is -0.850. The number of carboxylic acid groups (broad SMARTS) is 1. The van der Waals surface area contributed by atoms with Gasteiger partial charge in [0.1, 0.15) is 0 Å². The van der Waals surface area contributed by atoms with E-state index in [1.165, 1.54) is 16.9 Å². The van der Waals surface area contributed by atoms with Crippen molar-refractivity contribution in [1.29, 1.82) is 0 Å². The Kier molecular flexibility index (Phi) is 5.46. The summed E-state index contributed by atoms with van der Waals surface area (Å²) in [5, 5.41) is 11.5. The van der Waals surface area contributed by atoms with Crippen molar-refractivity contribution in [3.05, 3.63) is 51.9 Å². The Morgan fingerprint density at radius 1 is 1.33 bits per heavy atom. The van der Waals surface area contributed by atoms with Gasteiger partial charge in [-0.3, -0.25) is 4.90 Å². The molecular weight excluding hydrogens is 295 g/mol. The largest absolute Gasteiger partial charge is 1.00 e. The van der Waals surface area contributed by atoms with E-state index in [2.05, 4.69) is 17.0 Å². The first-order valence-corrected chi connectivity index (χ1v) is 7.34. The number of benzene rings is 1. The SMILES string of the molecule is Nc1sc2c(c1C(=O)[O-])CCN(Cc1ccccc1)C2.[Na+]. The number of nitrogens with two attached hydrogens (primary N) is 1. The van der Waals surface area contributed by atoms with Gasteiger partial charge in [-0.05, 0) is 17.5 Å². The Morgan fingerprint density at radius 3 is 2.71 bits per heavy atom. The Bertz CT molecular complexity index is 643. The van der Waals surface area contributed by atoms with Gasteiger partial charge in [0.2, 0.25) is 0 Å². The van der Waals surface area contributed by atoms with Gasteiger partial charge in [-0.15, -0.1) is 11.3 Å². The first-order chi connectivity index (χ1) is 9.65. The molecule has 0 unspecified atom stereocenters. The number of carbonyl (C=O) groups is 1. The number of nitrogens with zero attached hydrogens (tertiary/aromatic N) is 1. The summed E-state index contributed by atoms with van der Waals surface area (Å²) in [4.78, 5) is 14.5. The molecule has 1 aromatic heterocycles. The molecule has 0 saturated carbocycles. The second-order valence-corrected chi connectivity index (χ2v) is 6.11. The number of rotatable bonds is 3. The van der Waals surface area contributed by atoms with E-state index >= 15 is 0 Å². The average Bonchev–Trinajstić information content (AvgIpc) is 2.75. The number of hydrogen-bond acceptors (Lipinski definition) is 5. The zero-order valence-corrected chi connectivity index (χ0v) is 14.8. The maximum Gasteiger partial charge on any atom is 1.00 e. The standard InChI is InChI=1S/C15H16N2O2S.Na/c16-14-13(15(18)19)11-6-7-17(9-12(11)20-14)8-10-4-2-1-3-5-10;/h1-5H,6-9,16H2,(H,18,19);/q;+1/p-1. The molecule has 0 amide bonds. The molecule has 1 aromatic carbocycles. The van der Waals surface area contributed by atoms with Gasteiger partial charge in [-0.25, -0.2) is 0 Å². The number of carbonyl (C=O) groups excluding carboxylic acids is 1. The summed E-state index contributed by atoms with van der Waals surface area (Å²) in [5.41, 5.74) is 8.15. The second-order valence-electron chi connectivity index (χ2n) is 4.98. The van der Waals surface area contributed by atoms with Crippen molar-refractivity contribution in [1.82, 2.24) is 4.90 Å². The molecule has 0 saturated heterocycles. The predicted octanol–water partition coefficient (Wildman–Crippen LogP) is -1.74. The summed E-state index contributed by atoms with van der Waals surface area (Å²) >= 11 is 1.37. The number of fused-ring (bicyclic) bond motifs is 1. The van der Waals surface area contributed by atoms with E-state index in [1.54, 1.807) is 0 Å². The Labute approximate surface area is 149 Å². The van der Waals surface area contributed by atoms with Crippen LogP contribution in [-0.2, 0) is 19.5 Å². The molecule has 0 radical (unpaired) electrons. The molecule has 0 aliphatic carbocycles. The third-order valence-electron chi connectivity index (χ3n) is 3.62. The van der Waals surface area contributed by atoms with Crippen LogP contribution in [0.1, 0.15) is 26.4 Å². The molecule has 2 aromatic rings. The van der Waals surface area contributed by atoms with Gasteiger partial charge in [0.05, 0.1) is 11.0 Å². The summed E-state index contributed by atoms with van der Waals surface area (Å²) in [7, 11) is 0. The van der Waals surface area contributed by atoms with Crippen molar-refractivity contribution < 1.29 is 39.5 Å². The minimum absolute atomic E-state index is 0. The molecule has 4 nitrogen and oxygen atoms in total. The fourth-order valence-electron chi connectivity index (χ4n) is 2.68. The second kappa shape index (κ2) is 6.94. The van der Waals surface area contributed by atoms with E-state index in [1.807, 2.05) is 18.2 Å². The Balaban J connectivity index is 0.00000161. The molecule has 1 aliphatic heterocycles. The molecule has 3 rings (SSSR count). The van der Waals surface area contributed by atoms with Crippen LogP contribution >= 0.6 is 11.3 Å². The maximum absolute atomic E-state index is 11.1. The minimum atomic E-state index is -1.16.